The summed E-state index contributed by atoms with van der Waals surface area (Å²) in [5.41, 5.74) is -0.474. The van der Waals surface area contributed by atoms with Crippen molar-refractivity contribution in [2.75, 3.05) is 9.62 Å². The number of thiol groups is 1. The van der Waals surface area contributed by atoms with Gasteiger partial charge in [-0.3, -0.25) is 0 Å². The number of alkyl halides is 3. The Kier molecular flexibility index (Phi) is 5.94. The highest BCUT2D eigenvalue weighted by Gasteiger charge is 2.30. The summed E-state index contributed by atoms with van der Waals surface area (Å²) in [6.45, 7) is 1.40. The van der Waals surface area contributed by atoms with Crippen molar-refractivity contribution >= 4 is 41.8 Å². The van der Waals surface area contributed by atoms with E-state index >= 15 is 0 Å². The highest BCUT2D eigenvalue weighted by Crippen LogP contribution is 2.37. The van der Waals surface area contributed by atoms with E-state index in [1.54, 1.807) is 0 Å². The molecule has 2 rings (SSSR count). The zero-order valence-electron chi connectivity index (χ0n) is 13.3. The second-order valence-corrected chi connectivity index (χ2v) is 6.17. The Morgan fingerprint density at radius 1 is 1.27 bits per heavy atom. The molecule has 1 atom stereocenters. The summed E-state index contributed by atoms with van der Waals surface area (Å²) < 4.78 is 38.5. The van der Waals surface area contributed by atoms with Crippen molar-refractivity contribution < 1.29 is 28.2 Å². The molecule has 0 aromatic heterocycles. The van der Waals surface area contributed by atoms with Crippen molar-refractivity contribution in [1.82, 2.24) is 0 Å². The SMILES string of the molecule is CC(O)c1cc(N(S)C(=O)Nc2ccc(C(F)(F)F)cc2)cc(Cl)c1O. The zero-order valence-corrected chi connectivity index (χ0v) is 14.9. The molecule has 140 valence electrons. The summed E-state index contributed by atoms with van der Waals surface area (Å²) in [7, 11) is 0. The standard InChI is InChI=1S/C16H14ClF3N2O3S/c1-8(23)12-6-11(7-13(17)14(12)24)22(26)15(25)21-10-4-2-9(3-5-10)16(18,19)20/h2-8,23-24,26H,1H3,(H,21,25). The van der Waals surface area contributed by atoms with Gasteiger partial charge in [0.1, 0.15) is 5.75 Å². The number of aliphatic hydroxyl groups is 1. The van der Waals surface area contributed by atoms with Gasteiger partial charge < -0.3 is 15.5 Å². The molecule has 0 aliphatic carbocycles. The van der Waals surface area contributed by atoms with Gasteiger partial charge in [-0.2, -0.15) is 13.2 Å². The number of hydrogen-bond acceptors (Lipinski definition) is 4. The molecular formula is C16H14ClF3N2O3S. The minimum Gasteiger partial charge on any atom is -0.506 e. The maximum Gasteiger partial charge on any atom is 0.416 e. The third kappa shape index (κ3) is 4.54. The van der Waals surface area contributed by atoms with E-state index in [2.05, 4.69) is 18.1 Å². The highest BCUT2D eigenvalue weighted by molar-refractivity contribution is 7.82. The molecule has 0 spiro atoms. The van der Waals surface area contributed by atoms with Gasteiger partial charge in [-0.05, 0) is 43.3 Å². The van der Waals surface area contributed by atoms with Crippen LogP contribution >= 0.6 is 24.4 Å². The van der Waals surface area contributed by atoms with Gasteiger partial charge >= 0.3 is 12.2 Å². The van der Waals surface area contributed by atoms with Gasteiger partial charge in [0.2, 0.25) is 0 Å². The van der Waals surface area contributed by atoms with Gasteiger partial charge in [-0.25, -0.2) is 9.10 Å². The Labute approximate surface area is 157 Å². The normalized spacial score (nSPS) is 12.6. The fraction of sp³-hybridized carbons (Fsp3) is 0.188. The number of aliphatic hydroxyl groups excluding tert-OH is 1. The van der Waals surface area contributed by atoms with E-state index in [0.717, 1.165) is 28.6 Å². The summed E-state index contributed by atoms with van der Waals surface area (Å²) in [6, 6.07) is 5.67. The second-order valence-electron chi connectivity index (χ2n) is 5.36. The van der Waals surface area contributed by atoms with Gasteiger partial charge in [0.25, 0.3) is 0 Å². The van der Waals surface area contributed by atoms with Crippen LogP contribution in [0.15, 0.2) is 36.4 Å². The summed E-state index contributed by atoms with van der Waals surface area (Å²) in [6.07, 6.45) is -5.52. The first-order valence-corrected chi connectivity index (χ1v) is 7.96. The van der Waals surface area contributed by atoms with Crippen LogP contribution < -0.4 is 9.62 Å². The molecule has 2 amide bonds. The first-order chi connectivity index (χ1) is 12.0. The van der Waals surface area contributed by atoms with E-state index in [9.17, 15) is 28.2 Å². The number of rotatable bonds is 3. The number of halogens is 4. The molecule has 0 bridgehead atoms. The number of urea groups is 1. The van der Waals surface area contributed by atoms with E-state index in [1.165, 1.54) is 19.1 Å². The lowest BCUT2D eigenvalue weighted by molar-refractivity contribution is -0.137. The predicted molar refractivity (Wildman–Crippen MR) is 95.7 cm³/mol. The van der Waals surface area contributed by atoms with Gasteiger partial charge in [0, 0.05) is 11.3 Å². The zero-order chi connectivity index (χ0) is 19.6. The number of carbonyl (C=O) groups excluding carboxylic acids is 1. The first kappa shape index (κ1) is 20.2. The Morgan fingerprint density at radius 2 is 1.85 bits per heavy atom. The topological polar surface area (TPSA) is 72.8 Å². The fourth-order valence-electron chi connectivity index (χ4n) is 2.08. The van der Waals surface area contributed by atoms with Crippen LogP contribution in [-0.2, 0) is 6.18 Å². The van der Waals surface area contributed by atoms with Crippen LogP contribution in [0.3, 0.4) is 0 Å². The van der Waals surface area contributed by atoms with Crippen LogP contribution in [0.1, 0.15) is 24.2 Å². The van der Waals surface area contributed by atoms with Crippen LogP contribution in [0, 0.1) is 0 Å². The van der Waals surface area contributed by atoms with Crippen molar-refractivity contribution in [2.24, 2.45) is 0 Å². The average molecular weight is 407 g/mol. The molecule has 5 nitrogen and oxygen atoms in total. The van der Waals surface area contributed by atoms with Gasteiger partial charge in [-0.15, -0.1) is 0 Å². The quantitative estimate of drug-likeness (QED) is 0.542. The third-order valence-electron chi connectivity index (χ3n) is 3.43. The lowest BCUT2D eigenvalue weighted by Crippen LogP contribution is -2.27. The minimum absolute atomic E-state index is 0.0916. The highest BCUT2D eigenvalue weighted by atomic mass is 35.5. The van der Waals surface area contributed by atoms with Gasteiger partial charge in [-0.1, -0.05) is 24.4 Å². The summed E-state index contributed by atoms with van der Waals surface area (Å²) in [5.74, 6) is -0.324. The maximum atomic E-state index is 12.5. The van der Waals surface area contributed by atoms with Crippen LogP contribution in [-0.4, -0.2) is 16.2 Å². The number of benzene rings is 2. The first-order valence-electron chi connectivity index (χ1n) is 7.18. The van der Waals surface area contributed by atoms with Crippen molar-refractivity contribution in [3.8, 4) is 5.75 Å². The number of nitrogens with one attached hydrogen (secondary N) is 1. The molecule has 0 fully saturated rings. The molecule has 0 aliphatic rings. The molecule has 0 radical (unpaired) electrons. The number of phenols is 1. The smallest absolute Gasteiger partial charge is 0.416 e. The Balaban J connectivity index is 2.20. The molecule has 0 saturated heterocycles. The number of anilines is 2. The van der Waals surface area contributed by atoms with Crippen LogP contribution in [0.2, 0.25) is 5.02 Å². The monoisotopic (exact) mass is 406 g/mol. The minimum atomic E-state index is -4.47. The Hall–Kier alpha value is -2.10. The molecule has 0 heterocycles. The Bertz CT molecular complexity index is 814. The van der Waals surface area contributed by atoms with Crippen LogP contribution in [0.5, 0.6) is 5.75 Å². The molecule has 1 unspecified atom stereocenters. The number of carbonyl (C=O) groups is 1. The lowest BCUT2D eigenvalue weighted by atomic mass is 10.1. The van der Waals surface area contributed by atoms with E-state index in [-0.39, 0.29) is 27.7 Å². The summed E-state index contributed by atoms with van der Waals surface area (Å²) in [5, 5.41) is 21.7. The van der Waals surface area contributed by atoms with E-state index in [4.69, 9.17) is 11.6 Å². The molecule has 0 aliphatic heterocycles. The molecule has 2 aromatic rings. The summed E-state index contributed by atoms with van der Waals surface area (Å²) in [4.78, 5) is 12.2. The van der Waals surface area contributed by atoms with Crippen molar-refractivity contribution in [1.29, 1.82) is 0 Å². The number of aromatic hydroxyl groups is 1. The van der Waals surface area contributed by atoms with Crippen molar-refractivity contribution in [3.05, 3.63) is 52.5 Å². The molecule has 10 heteroatoms. The van der Waals surface area contributed by atoms with Crippen molar-refractivity contribution in [3.63, 3.8) is 0 Å². The van der Waals surface area contributed by atoms with E-state index in [0.29, 0.717) is 0 Å². The summed E-state index contributed by atoms with van der Waals surface area (Å²) >= 11 is 9.90. The maximum absolute atomic E-state index is 12.5. The van der Waals surface area contributed by atoms with Gasteiger partial charge in [0.05, 0.1) is 22.4 Å². The molecule has 26 heavy (non-hydrogen) atoms. The van der Waals surface area contributed by atoms with Crippen molar-refractivity contribution in [2.45, 2.75) is 19.2 Å². The molecule has 3 N–H and O–H groups in total. The lowest BCUT2D eigenvalue weighted by Gasteiger charge is -2.19. The number of amides is 2. The van der Waals surface area contributed by atoms with Crippen LogP contribution in [0.4, 0.5) is 29.3 Å². The fourth-order valence-corrected chi connectivity index (χ4v) is 2.47. The Morgan fingerprint density at radius 3 is 2.35 bits per heavy atom. The number of hydrogen-bond donors (Lipinski definition) is 4. The van der Waals surface area contributed by atoms with E-state index in [1.807, 2.05) is 0 Å². The molecule has 2 aromatic carbocycles. The largest absolute Gasteiger partial charge is 0.506 e. The van der Waals surface area contributed by atoms with E-state index < -0.39 is 23.9 Å². The molecular weight excluding hydrogens is 393 g/mol. The average Bonchev–Trinajstić information content (AvgIpc) is 2.55. The second kappa shape index (κ2) is 7.65. The van der Waals surface area contributed by atoms with Crippen LogP contribution in [0.25, 0.3) is 0 Å². The molecule has 0 saturated carbocycles. The number of nitrogens with zero attached hydrogens (tertiary/aromatic N) is 1. The van der Waals surface area contributed by atoms with Gasteiger partial charge in [0.15, 0.2) is 0 Å². The predicted octanol–water partition coefficient (Wildman–Crippen LogP) is 5.00. The number of phenolic OH excluding ortho intramolecular Hbond substituents is 1. The third-order valence-corrected chi connectivity index (χ3v) is 4.13.